The van der Waals surface area contributed by atoms with Crippen molar-refractivity contribution in [2.24, 2.45) is 0 Å². The molecule has 0 aromatic heterocycles. The topological polar surface area (TPSA) is 20.3 Å². The van der Waals surface area contributed by atoms with E-state index in [0.29, 0.717) is 5.91 Å². The predicted molar refractivity (Wildman–Crippen MR) is 49.6 cm³/mol. The van der Waals surface area contributed by atoms with Crippen molar-refractivity contribution in [3.8, 4) is 0 Å². The van der Waals surface area contributed by atoms with Gasteiger partial charge in [-0.2, -0.15) is 0 Å². The third-order valence-electron chi connectivity index (χ3n) is 2.44. The number of hydrogen-bond acceptors (Lipinski definition) is 1. The fourth-order valence-electron chi connectivity index (χ4n) is 1.63. The Labute approximate surface area is 74.9 Å². The molecule has 2 nitrogen and oxygen atoms in total. The number of nitrogens with zero attached hydrogens (tertiary/aromatic N) is 1. The van der Waals surface area contributed by atoms with E-state index >= 15 is 0 Å². The average molecular weight is 168 g/mol. The highest BCUT2D eigenvalue weighted by Crippen LogP contribution is 2.17. The lowest BCUT2D eigenvalue weighted by Crippen LogP contribution is -2.42. The van der Waals surface area contributed by atoms with Gasteiger partial charge in [0.2, 0.25) is 5.91 Å². The van der Waals surface area contributed by atoms with Crippen molar-refractivity contribution in [2.45, 2.75) is 45.1 Å². The van der Waals surface area contributed by atoms with E-state index in [1.807, 2.05) is 4.90 Å². The maximum Gasteiger partial charge on any atom is 0.222 e. The van der Waals surface area contributed by atoms with Crippen LogP contribution in [0.15, 0.2) is 0 Å². The Morgan fingerprint density at radius 3 is 3.00 bits per heavy atom. The van der Waals surface area contributed by atoms with Crippen LogP contribution in [-0.4, -0.2) is 23.4 Å². The van der Waals surface area contributed by atoms with Crippen molar-refractivity contribution in [1.82, 2.24) is 4.90 Å². The SMILES string of the molecule is [CH2]C1CCCC(=O)N1CCCC. The Hall–Kier alpha value is -0.530. The first-order valence-corrected chi connectivity index (χ1v) is 4.88. The molecule has 0 aromatic rings. The Morgan fingerprint density at radius 1 is 1.67 bits per heavy atom. The number of hydrogen-bond donors (Lipinski definition) is 0. The molecule has 1 aliphatic rings. The summed E-state index contributed by atoms with van der Waals surface area (Å²) in [6, 6.07) is 0.234. The zero-order chi connectivity index (χ0) is 8.97. The number of likely N-dealkylation sites (tertiary alicyclic amines) is 1. The maximum atomic E-state index is 11.4. The van der Waals surface area contributed by atoms with E-state index in [0.717, 1.165) is 38.6 Å². The Kier molecular flexibility index (Phi) is 3.57. The minimum Gasteiger partial charge on any atom is -0.340 e. The minimum atomic E-state index is 0.234. The largest absolute Gasteiger partial charge is 0.340 e. The van der Waals surface area contributed by atoms with E-state index in [4.69, 9.17) is 0 Å². The minimum absolute atomic E-state index is 0.234. The smallest absolute Gasteiger partial charge is 0.222 e. The molecule has 1 aliphatic heterocycles. The number of carbonyl (C=O) groups is 1. The van der Waals surface area contributed by atoms with Crippen molar-refractivity contribution < 1.29 is 4.79 Å². The molecule has 12 heavy (non-hydrogen) atoms. The molecule has 0 aromatic carbocycles. The highest BCUT2D eigenvalue weighted by Gasteiger charge is 2.23. The molecule has 1 atom stereocenters. The van der Waals surface area contributed by atoms with Crippen LogP contribution >= 0.6 is 0 Å². The molecule has 0 N–H and O–H groups in total. The van der Waals surface area contributed by atoms with Gasteiger partial charge in [0.1, 0.15) is 0 Å². The monoisotopic (exact) mass is 168 g/mol. The Bertz CT molecular complexity index is 156. The molecule has 1 saturated heterocycles. The van der Waals surface area contributed by atoms with Gasteiger partial charge in [-0.05, 0) is 26.2 Å². The van der Waals surface area contributed by atoms with Gasteiger partial charge in [-0.25, -0.2) is 0 Å². The first-order valence-electron chi connectivity index (χ1n) is 4.88. The van der Waals surface area contributed by atoms with Crippen LogP contribution < -0.4 is 0 Å². The highest BCUT2D eigenvalue weighted by atomic mass is 16.2. The zero-order valence-corrected chi connectivity index (χ0v) is 7.88. The molecule has 1 fully saturated rings. The molecular weight excluding hydrogens is 150 g/mol. The fourth-order valence-corrected chi connectivity index (χ4v) is 1.63. The molecule has 0 spiro atoms. The number of unbranched alkanes of at least 4 members (excludes halogenated alkanes) is 1. The molecule has 1 radical (unpaired) electrons. The molecule has 0 saturated carbocycles. The summed E-state index contributed by atoms with van der Waals surface area (Å²) < 4.78 is 0. The Morgan fingerprint density at radius 2 is 2.42 bits per heavy atom. The van der Waals surface area contributed by atoms with Crippen LogP contribution in [0.1, 0.15) is 39.0 Å². The van der Waals surface area contributed by atoms with Crippen LogP contribution in [0.25, 0.3) is 0 Å². The Balaban J connectivity index is 2.40. The van der Waals surface area contributed by atoms with Crippen LogP contribution in [0.3, 0.4) is 0 Å². The number of rotatable bonds is 3. The van der Waals surface area contributed by atoms with E-state index in [9.17, 15) is 4.79 Å². The van der Waals surface area contributed by atoms with E-state index in [2.05, 4.69) is 13.8 Å². The molecular formula is C10H18NO. The molecule has 1 rings (SSSR count). The summed E-state index contributed by atoms with van der Waals surface area (Å²) in [5, 5.41) is 0. The number of carbonyl (C=O) groups excluding carboxylic acids is 1. The second kappa shape index (κ2) is 4.48. The summed E-state index contributed by atoms with van der Waals surface area (Å²) >= 11 is 0. The average Bonchev–Trinajstić information content (AvgIpc) is 2.04. The normalized spacial score (nSPS) is 24.7. The third kappa shape index (κ3) is 2.23. The van der Waals surface area contributed by atoms with Gasteiger partial charge in [0, 0.05) is 19.0 Å². The van der Waals surface area contributed by atoms with E-state index in [1.54, 1.807) is 0 Å². The van der Waals surface area contributed by atoms with Crippen LogP contribution in [0.5, 0.6) is 0 Å². The first kappa shape index (κ1) is 9.56. The van der Waals surface area contributed by atoms with E-state index < -0.39 is 0 Å². The second-order valence-corrected chi connectivity index (χ2v) is 3.49. The third-order valence-corrected chi connectivity index (χ3v) is 2.44. The van der Waals surface area contributed by atoms with Gasteiger partial charge in [-0.1, -0.05) is 13.3 Å². The summed E-state index contributed by atoms with van der Waals surface area (Å²) in [4.78, 5) is 13.3. The molecule has 69 valence electrons. The quantitative estimate of drug-likeness (QED) is 0.631. The second-order valence-electron chi connectivity index (χ2n) is 3.49. The van der Waals surface area contributed by atoms with Gasteiger partial charge in [-0.3, -0.25) is 4.79 Å². The summed E-state index contributed by atoms with van der Waals surface area (Å²) in [6.45, 7) is 7.04. The predicted octanol–water partition coefficient (Wildman–Crippen LogP) is 2.00. The maximum absolute atomic E-state index is 11.4. The van der Waals surface area contributed by atoms with Crippen molar-refractivity contribution in [1.29, 1.82) is 0 Å². The zero-order valence-electron chi connectivity index (χ0n) is 7.88. The summed E-state index contributed by atoms with van der Waals surface area (Å²) in [5.74, 6) is 0.301. The number of piperidine rings is 1. The van der Waals surface area contributed by atoms with Crippen LogP contribution in [0.2, 0.25) is 0 Å². The summed E-state index contributed by atoms with van der Waals surface area (Å²) in [7, 11) is 0. The van der Waals surface area contributed by atoms with Crippen molar-refractivity contribution in [3.05, 3.63) is 6.92 Å². The molecule has 1 heterocycles. The van der Waals surface area contributed by atoms with Gasteiger partial charge in [0.15, 0.2) is 0 Å². The molecule has 1 amide bonds. The first-order chi connectivity index (χ1) is 5.75. The highest BCUT2D eigenvalue weighted by molar-refractivity contribution is 5.77. The molecule has 0 aliphatic carbocycles. The van der Waals surface area contributed by atoms with Crippen molar-refractivity contribution >= 4 is 5.91 Å². The van der Waals surface area contributed by atoms with Crippen molar-refractivity contribution in [2.75, 3.05) is 6.54 Å². The standard InChI is InChI=1S/C10H18NO/c1-3-4-8-11-9(2)6-5-7-10(11)12/h9H,2-8H2,1H3. The summed E-state index contributed by atoms with van der Waals surface area (Å²) in [5.41, 5.74) is 0. The van der Waals surface area contributed by atoms with E-state index in [1.165, 1.54) is 0 Å². The molecule has 1 unspecified atom stereocenters. The lowest BCUT2D eigenvalue weighted by atomic mass is 10.0. The lowest BCUT2D eigenvalue weighted by Gasteiger charge is -2.33. The van der Waals surface area contributed by atoms with Crippen LogP contribution in [0, 0.1) is 6.92 Å². The molecule has 0 bridgehead atoms. The lowest BCUT2D eigenvalue weighted by molar-refractivity contribution is -0.135. The fraction of sp³-hybridized carbons (Fsp3) is 0.800. The van der Waals surface area contributed by atoms with Crippen molar-refractivity contribution in [3.63, 3.8) is 0 Å². The van der Waals surface area contributed by atoms with Gasteiger partial charge in [-0.15, -0.1) is 0 Å². The number of amides is 1. The van der Waals surface area contributed by atoms with Gasteiger partial charge < -0.3 is 4.90 Å². The van der Waals surface area contributed by atoms with Crippen LogP contribution in [-0.2, 0) is 4.79 Å². The van der Waals surface area contributed by atoms with Gasteiger partial charge in [0.05, 0.1) is 0 Å². The van der Waals surface area contributed by atoms with Crippen LogP contribution in [0.4, 0.5) is 0 Å². The van der Waals surface area contributed by atoms with Gasteiger partial charge >= 0.3 is 0 Å². The summed E-state index contributed by atoms with van der Waals surface area (Å²) in [6.07, 6.45) is 5.09. The van der Waals surface area contributed by atoms with E-state index in [-0.39, 0.29) is 6.04 Å². The van der Waals surface area contributed by atoms with Gasteiger partial charge in [0.25, 0.3) is 0 Å². The molecule has 2 heteroatoms.